The largest absolute Gasteiger partial charge is 0.502 e. The first kappa shape index (κ1) is 16.8. The first-order valence-electron chi connectivity index (χ1n) is 7.32. The fraction of sp³-hybridized carbons (Fsp3) is 0.438. The van der Waals surface area contributed by atoms with Crippen LogP contribution >= 0.6 is 0 Å². The van der Waals surface area contributed by atoms with Gasteiger partial charge < -0.3 is 14.7 Å². The van der Waals surface area contributed by atoms with Crippen molar-refractivity contribution in [2.45, 2.75) is 32.8 Å². The fourth-order valence-electron chi connectivity index (χ4n) is 2.31. The summed E-state index contributed by atoms with van der Waals surface area (Å²) in [5, 5.41) is 20.5. The zero-order valence-corrected chi connectivity index (χ0v) is 13.4. The molecule has 0 spiro atoms. The van der Waals surface area contributed by atoms with E-state index in [0.717, 1.165) is 5.57 Å². The normalized spacial score (nSPS) is 15.1. The number of aromatic hydroxyl groups is 1. The molecule has 1 aromatic carbocycles. The van der Waals surface area contributed by atoms with Crippen LogP contribution in [0.25, 0.3) is 5.57 Å². The molecular formula is C16H20N2O5. The molecule has 0 radical (unpaired) electrons. The van der Waals surface area contributed by atoms with Gasteiger partial charge in [-0.1, -0.05) is 6.08 Å². The Morgan fingerprint density at radius 2 is 2.09 bits per heavy atom. The summed E-state index contributed by atoms with van der Waals surface area (Å²) in [4.78, 5) is 23.8. The Kier molecular flexibility index (Phi) is 4.58. The lowest BCUT2D eigenvalue weighted by Gasteiger charge is -2.30. The van der Waals surface area contributed by atoms with E-state index < -0.39 is 16.6 Å². The standard InChI is InChI=1S/C16H20N2O5/c1-16(2,3)23-15(20)17-8-4-5-12(10-17)11-6-7-13(18(21)22)14(19)9-11/h5-7,9,19H,4,8,10H2,1-3H3. The van der Waals surface area contributed by atoms with Gasteiger partial charge in [0.25, 0.3) is 0 Å². The average Bonchev–Trinajstić information content (AvgIpc) is 2.45. The summed E-state index contributed by atoms with van der Waals surface area (Å²) >= 11 is 0. The van der Waals surface area contributed by atoms with Crippen molar-refractivity contribution < 1.29 is 19.6 Å². The van der Waals surface area contributed by atoms with Crippen LogP contribution in [-0.2, 0) is 4.74 Å². The molecule has 0 saturated carbocycles. The van der Waals surface area contributed by atoms with Crippen LogP contribution in [-0.4, -0.2) is 39.7 Å². The number of ether oxygens (including phenoxy) is 1. The van der Waals surface area contributed by atoms with Crippen LogP contribution in [0, 0.1) is 10.1 Å². The molecule has 0 saturated heterocycles. The molecule has 1 aromatic rings. The Morgan fingerprint density at radius 3 is 2.65 bits per heavy atom. The van der Waals surface area contributed by atoms with E-state index in [4.69, 9.17) is 4.74 Å². The quantitative estimate of drug-likeness (QED) is 0.666. The third kappa shape index (κ3) is 4.21. The second-order valence-electron chi connectivity index (χ2n) is 6.38. The second kappa shape index (κ2) is 6.28. The zero-order chi connectivity index (χ0) is 17.2. The zero-order valence-electron chi connectivity index (χ0n) is 13.4. The van der Waals surface area contributed by atoms with E-state index in [2.05, 4.69) is 0 Å². The number of benzene rings is 1. The molecule has 1 aliphatic rings. The number of nitro benzene ring substituents is 1. The van der Waals surface area contributed by atoms with Crippen molar-refractivity contribution in [3.05, 3.63) is 40.0 Å². The van der Waals surface area contributed by atoms with E-state index in [1.807, 2.05) is 6.08 Å². The van der Waals surface area contributed by atoms with Gasteiger partial charge in [-0.05, 0) is 50.5 Å². The van der Waals surface area contributed by atoms with E-state index in [-0.39, 0.29) is 11.4 Å². The van der Waals surface area contributed by atoms with Crippen molar-refractivity contribution in [1.29, 1.82) is 0 Å². The number of phenolic OH excluding ortho intramolecular Hbond substituents is 1. The lowest BCUT2D eigenvalue weighted by molar-refractivity contribution is -0.385. The van der Waals surface area contributed by atoms with Gasteiger partial charge in [-0.15, -0.1) is 0 Å². The number of rotatable bonds is 2. The molecule has 1 N–H and O–H groups in total. The maximum Gasteiger partial charge on any atom is 0.410 e. The molecule has 0 atom stereocenters. The first-order chi connectivity index (χ1) is 10.7. The maximum atomic E-state index is 12.1. The van der Waals surface area contributed by atoms with E-state index >= 15 is 0 Å². The highest BCUT2D eigenvalue weighted by Gasteiger charge is 2.25. The summed E-state index contributed by atoms with van der Waals surface area (Å²) < 4.78 is 5.36. The molecule has 0 aromatic heterocycles. The summed E-state index contributed by atoms with van der Waals surface area (Å²) in [7, 11) is 0. The van der Waals surface area contributed by atoms with E-state index in [9.17, 15) is 20.0 Å². The molecule has 124 valence electrons. The number of carbonyl (C=O) groups excluding carboxylic acids is 1. The van der Waals surface area contributed by atoms with Crippen molar-refractivity contribution in [2.75, 3.05) is 13.1 Å². The minimum Gasteiger partial charge on any atom is -0.502 e. The van der Waals surface area contributed by atoms with Crippen molar-refractivity contribution in [1.82, 2.24) is 4.90 Å². The topological polar surface area (TPSA) is 92.9 Å². The molecule has 0 unspecified atom stereocenters. The summed E-state index contributed by atoms with van der Waals surface area (Å²) in [5.74, 6) is -0.386. The van der Waals surface area contributed by atoms with Crippen LogP contribution < -0.4 is 0 Å². The van der Waals surface area contributed by atoms with Crippen molar-refractivity contribution >= 4 is 17.4 Å². The van der Waals surface area contributed by atoms with Gasteiger partial charge >= 0.3 is 11.8 Å². The van der Waals surface area contributed by atoms with Gasteiger partial charge in [-0.2, -0.15) is 0 Å². The number of carbonyl (C=O) groups is 1. The summed E-state index contributed by atoms with van der Waals surface area (Å²) in [6, 6.07) is 4.18. The van der Waals surface area contributed by atoms with Crippen LogP contribution in [0.15, 0.2) is 24.3 Å². The minimum atomic E-state index is -0.638. The molecule has 7 heteroatoms. The van der Waals surface area contributed by atoms with Crippen LogP contribution in [0.1, 0.15) is 32.8 Å². The highest BCUT2D eigenvalue weighted by Crippen LogP contribution is 2.31. The number of nitrogens with zero attached hydrogens (tertiary/aromatic N) is 2. The van der Waals surface area contributed by atoms with Crippen LogP contribution in [0.4, 0.5) is 10.5 Å². The van der Waals surface area contributed by atoms with E-state index in [1.54, 1.807) is 31.7 Å². The van der Waals surface area contributed by atoms with Crippen LogP contribution in [0.5, 0.6) is 5.75 Å². The van der Waals surface area contributed by atoms with Crippen LogP contribution in [0.3, 0.4) is 0 Å². The van der Waals surface area contributed by atoms with Gasteiger partial charge in [0.15, 0.2) is 5.75 Å². The number of nitro groups is 1. The molecule has 0 aliphatic carbocycles. The Bertz CT molecular complexity index is 661. The summed E-state index contributed by atoms with van der Waals surface area (Å²) in [6.45, 7) is 6.31. The van der Waals surface area contributed by atoms with Crippen molar-refractivity contribution in [2.24, 2.45) is 0 Å². The highest BCUT2D eigenvalue weighted by atomic mass is 16.6. The van der Waals surface area contributed by atoms with Gasteiger partial charge in [-0.25, -0.2) is 4.79 Å². The number of amides is 1. The lowest BCUT2D eigenvalue weighted by atomic mass is 10.0. The Hall–Kier alpha value is -2.57. The van der Waals surface area contributed by atoms with Gasteiger partial charge in [-0.3, -0.25) is 10.1 Å². The summed E-state index contributed by atoms with van der Waals surface area (Å²) in [6.07, 6.45) is 2.22. The molecular weight excluding hydrogens is 300 g/mol. The third-order valence-electron chi connectivity index (χ3n) is 3.35. The molecule has 0 bridgehead atoms. The Balaban J connectivity index is 2.15. The number of hydrogen-bond acceptors (Lipinski definition) is 5. The highest BCUT2D eigenvalue weighted by molar-refractivity contribution is 5.76. The first-order valence-corrected chi connectivity index (χ1v) is 7.32. The van der Waals surface area contributed by atoms with Crippen molar-refractivity contribution in [3.8, 4) is 5.75 Å². The SMILES string of the molecule is CC(C)(C)OC(=O)N1CCC=C(c2ccc([N+](=O)[O-])c(O)c2)C1. The molecule has 2 rings (SSSR count). The van der Waals surface area contributed by atoms with Gasteiger partial charge in [0.05, 0.1) is 4.92 Å². The molecule has 7 nitrogen and oxygen atoms in total. The fourth-order valence-corrected chi connectivity index (χ4v) is 2.31. The van der Waals surface area contributed by atoms with Crippen LogP contribution in [0.2, 0.25) is 0 Å². The predicted molar refractivity (Wildman–Crippen MR) is 85.2 cm³/mol. The number of phenols is 1. The third-order valence-corrected chi connectivity index (χ3v) is 3.35. The van der Waals surface area contributed by atoms with Gasteiger partial charge in [0, 0.05) is 19.2 Å². The maximum absolute atomic E-state index is 12.1. The molecule has 1 amide bonds. The van der Waals surface area contributed by atoms with E-state index in [1.165, 1.54) is 12.1 Å². The van der Waals surface area contributed by atoms with Crippen molar-refractivity contribution in [3.63, 3.8) is 0 Å². The smallest absolute Gasteiger partial charge is 0.410 e. The molecule has 1 aliphatic heterocycles. The monoisotopic (exact) mass is 320 g/mol. The number of hydrogen-bond donors (Lipinski definition) is 1. The molecule has 23 heavy (non-hydrogen) atoms. The summed E-state index contributed by atoms with van der Waals surface area (Å²) in [5.41, 5.74) is 0.576. The van der Waals surface area contributed by atoms with Gasteiger partial charge in [0.1, 0.15) is 5.60 Å². The van der Waals surface area contributed by atoms with Gasteiger partial charge in [0.2, 0.25) is 0 Å². The minimum absolute atomic E-state index is 0.339. The molecule has 1 heterocycles. The van der Waals surface area contributed by atoms with E-state index in [0.29, 0.717) is 25.1 Å². The lowest BCUT2D eigenvalue weighted by Crippen LogP contribution is -2.39. The molecule has 0 fully saturated rings. The average molecular weight is 320 g/mol. The Morgan fingerprint density at radius 1 is 1.39 bits per heavy atom. The Labute approximate surface area is 134 Å². The predicted octanol–water partition coefficient (Wildman–Crippen LogP) is 3.32. The second-order valence-corrected chi connectivity index (χ2v) is 6.38.